The minimum Gasteiger partial charge on any atom is -0.457 e. The Balaban J connectivity index is 0.00000289. The van der Waals surface area contributed by atoms with Crippen molar-refractivity contribution in [3.63, 3.8) is 0 Å². The largest absolute Gasteiger partial charge is 0.457 e. The molecular formula is C10H7ClN3O3Y-. The summed E-state index contributed by atoms with van der Waals surface area (Å²) < 4.78 is 4.55. The molecule has 18 heavy (non-hydrogen) atoms. The number of pyridine rings is 1. The summed E-state index contributed by atoms with van der Waals surface area (Å²) in [4.78, 5) is 29.3. The molecule has 0 saturated carbocycles. The van der Waals surface area contributed by atoms with E-state index in [0.717, 1.165) is 0 Å². The van der Waals surface area contributed by atoms with E-state index >= 15 is 0 Å². The number of hydrogen-bond donors (Lipinski definition) is 0. The van der Waals surface area contributed by atoms with Crippen LogP contribution in [0.4, 0.5) is 0 Å². The van der Waals surface area contributed by atoms with E-state index < -0.39 is 17.5 Å². The number of hydrogen-bond acceptors (Lipinski definition) is 4. The summed E-state index contributed by atoms with van der Waals surface area (Å²) in [6.45, 7) is 1.61. The van der Waals surface area contributed by atoms with Gasteiger partial charge in [0.25, 0.3) is 0 Å². The van der Waals surface area contributed by atoms with E-state index in [1.807, 2.05) is 0 Å². The van der Waals surface area contributed by atoms with Crippen LogP contribution in [0.2, 0.25) is 5.15 Å². The van der Waals surface area contributed by atoms with Gasteiger partial charge in [-0.2, -0.15) is 4.79 Å². The first-order valence-corrected chi connectivity index (χ1v) is 4.95. The third-order valence-electron chi connectivity index (χ3n) is 1.73. The Morgan fingerprint density at radius 1 is 1.61 bits per heavy atom. The molecule has 0 aliphatic carbocycles. The van der Waals surface area contributed by atoms with Crippen LogP contribution in [0.15, 0.2) is 12.3 Å². The van der Waals surface area contributed by atoms with Gasteiger partial charge in [-0.3, -0.25) is 4.98 Å². The molecule has 0 unspecified atom stereocenters. The Hall–Kier alpha value is -0.936. The number of Topliss-reactive ketones (excluding diaryl/α,β-unsaturated/α-hetero) is 1. The van der Waals surface area contributed by atoms with Crippen LogP contribution in [0, 0.1) is 6.07 Å². The van der Waals surface area contributed by atoms with Crippen LogP contribution in [0.25, 0.3) is 5.53 Å². The normalized spacial score (nSPS) is 8.78. The average molecular weight is 342 g/mol. The minimum absolute atomic E-state index is 0. The maximum absolute atomic E-state index is 11.8. The zero-order valence-corrected chi connectivity index (χ0v) is 13.0. The molecule has 0 spiro atoms. The van der Waals surface area contributed by atoms with Crippen molar-refractivity contribution in [3.05, 3.63) is 34.6 Å². The van der Waals surface area contributed by atoms with Crippen molar-refractivity contribution in [2.45, 2.75) is 6.92 Å². The Bertz CT molecular complexity index is 515. The molecule has 0 bridgehead atoms. The average Bonchev–Trinajstić information content (AvgIpc) is 2.30. The maximum Gasteiger partial charge on any atom is 0.428 e. The molecular weight excluding hydrogens is 334 g/mol. The van der Waals surface area contributed by atoms with Crippen molar-refractivity contribution in [2.75, 3.05) is 6.61 Å². The fourth-order valence-corrected chi connectivity index (χ4v) is 1.20. The summed E-state index contributed by atoms with van der Waals surface area (Å²) in [5.74, 6) is -1.90. The van der Waals surface area contributed by atoms with E-state index in [4.69, 9.17) is 17.1 Å². The quantitative estimate of drug-likeness (QED) is 0.119. The zero-order chi connectivity index (χ0) is 12.8. The summed E-state index contributed by atoms with van der Waals surface area (Å²) in [7, 11) is 0. The second-order valence-corrected chi connectivity index (χ2v) is 3.13. The predicted octanol–water partition coefficient (Wildman–Crippen LogP) is 0.949. The fourth-order valence-electron chi connectivity index (χ4n) is 1.01. The van der Waals surface area contributed by atoms with Crippen molar-refractivity contribution in [1.82, 2.24) is 4.98 Å². The van der Waals surface area contributed by atoms with Crippen LogP contribution in [0.3, 0.4) is 0 Å². The number of aromatic nitrogens is 1. The number of nitrogens with zero attached hydrogens (tertiary/aromatic N) is 3. The standard InChI is InChI=1S/C10H7ClN3O3.Y/c1-2-17-10(16)7(14-12)8(15)6-4-3-5-13-9(6)11;/h4-5H,2H2,1H3;/q-1;. The molecule has 1 aromatic heterocycles. The number of ketones is 1. The van der Waals surface area contributed by atoms with E-state index in [1.54, 1.807) is 6.92 Å². The van der Waals surface area contributed by atoms with Crippen LogP contribution in [-0.2, 0) is 42.2 Å². The van der Waals surface area contributed by atoms with Gasteiger partial charge in [0.15, 0.2) is 0 Å². The van der Waals surface area contributed by atoms with Crippen molar-refractivity contribution in [2.24, 2.45) is 0 Å². The molecule has 1 rings (SSSR count). The Kier molecular flexibility index (Phi) is 7.79. The van der Waals surface area contributed by atoms with Gasteiger partial charge in [0, 0.05) is 32.7 Å². The first-order chi connectivity index (χ1) is 8.11. The van der Waals surface area contributed by atoms with Gasteiger partial charge in [0.1, 0.15) is 0 Å². The molecule has 0 N–H and O–H groups in total. The van der Waals surface area contributed by atoms with E-state index in [1.165, 1.54) is 12.3 Å². The van der Waals surface area contributed by atoms with Crippen LogP contribution >= 0.6 is 11.6 Å². The molecule has 0 aromatic carbocycles. The van der Waals surface area contributed by atoms with Gasteiger partial charge in [0.05, 0.1) is 11.8 Å². The summed E-state index contributed by atoms with van der Waals surface area (Å²) in [5, 5.41) is -0.112. The number of ether oxygens (including phenoxy) is 1. The van der Waals surface area contributed by atoms with Crippen LogP contribution < -0.4 is 0 Å². The Morgan fingerprint density at radius 3 is 2.78 bits per heavy atom. The SMILES string of the molecule is CCOC(=O)C(=[N+]=[N-])C(=O)c1c[c-]cnc1Cl.[Y]. The smallest absolute Gasteiger partial charge is 0.428 e. The van der Waals surface area contributed by atoms with Crippen LogP contribution in [-0.4, -0.2) is 33.8 Å². The third-order valence-corrected chi connectivity index (χ3v) is 2.03. The monoisotopic (exact) mass is 341 g/mol. The number of carbonyl (C=O) groups excluding carboxylic acids is 2. The molecule has 91 valence electrons. The molecule has 0 atom stereocenters. The van der Waals surface area contributed by atoms with Gasteiger partial charge in [-0.25, -0.2) is 16.9 Å². The second-order valence-electron chi connectivity index (χ2n) is 2.77. The molecule has 1 aromatic rings. The third kappa shape index (κ3) is 4.07. The van der Waals surface area contributed by atoms with Crippen molar-refractivity contribution < 1.29 is 51.8 Å². The van der Waals surface area contributed by atoms with Crippen LogP contribution in [0.5, 0.6) is 0 Å². The molecule has 1 heterocycles. The topological polar surface area (TPSA) is 92.7 Å². The fraction of sp³-hybridized carbons (Fsp3) is 0.200. The zero-order valence-electron chi connectivity index (χ0n) is 9.38. The Morgan fingerprint density at radius 2 is 2.28 bits per heavy atom. The van der Waals surface area contributed by atoms with Crippen molar-refractivity contribution >= 4 is 29.1 Å². The Labute approximate surface area is 133 Å². The van der Waals surface area contributed by atoms with Gasteiger partial charge in [0.2, 0.25) is 5.78 Å². The molecule has 0 amide bonds. The van der Waals surface area contributed by atoms with E-state index in [2.05, 4.69) is 20.6 Å². The van der Waals surface area contributed by atoms with Gasteiger partial charge in [-0.15, -0.1) is 0 Å². The first kappa shape index (κ1) is 17.1. The van der Waals surface area contributed by atoms with Crippen LogP contribution in [0.1, 0.15) is 17.3 Å². The predicted molar refractivity (Wildman–Crippen MR) is 57.7 cm³/mol. The van der Waals surface area contributed by atoms with Gasteiger partial charge >= 0.3 is 11.7 Å². The van der Waals surface area contributed by atoms with E-state index in [9.17, 15) is 9.59 Å². The molecule has 0 aliphatic heterocycles. The van der Waals surface area contributed by atoms with E-state index in [-0.39, 0.29) is 50.0 Å². The molecule has 0 saturated heterocycles. The number of rotatable bonds is 4. The maximum atomic E-state index is 11.8. The number of halogens is 1. The molecule has 1 radical (unpaired) electrons. The summed E-state index contributed by atoms with van der Waals surface area (Å²) >= 11 is 5.66. The number of carbonyl (C=O) groups is 2. The van der Waals surface area contributed by atoms with E-state index in [0.29, 0.717) is 0 Å². The minimum atomic E-state index is -1.03. The molecule has 0 fully saturated rings. The molecule has 6 nitrogen and oxygen atoms in total. The number of esters is 1. The first-order valence-electron chi connectivity index (χ1n) is 4.57. The second kappa shape index (κ2) is 8.22. The van der Waals surface area contributed by atoms with Crippen molar-refractivity contribution in [3.8, 4) is 0 Å². The molecule has 0 aliphatic rings. The van der Waals surface area contributed by atoms with Gasteiger partial charge < -0.3 is 15.1 Å². The van der Waals surface area contributed by atoms with Gasteiger partial charge in [-0.1, -0.05) is 23.4 Å². The van der Waals surface area contributed by atoms with Crippen molar-refractivity contribution in [1.29, 1.82) is 0 Å². The summed E-state index contributed by atoms with van der Waals surface area (Å²) in [6, 6.07) is 3.77. The summed E-state index contributed by atoms with van der Waals surface area (Å²) in [6.07, 6.45) is 1.26. The van der Waals surface area contributed by atoms with Gasteiger partial charge in [-0.05, 0) is 6.92 Å². The molecule has 8 heteroatoms. The summed E-state index contributed by atoms with van der Waals surface area (Å²) in [5.41, 5.74) is 7.80.